The number of ether oxygens (including phenoxy) is 1. The average Bonchev–Trinajstić information content (AvgIpc) is 1.95. The van der Waals surface area contributed by atoms with Crippen molar-refractivity contribution in [2.45, 2.75) is 30.4 Å². The van der Waals surface area contributed by atoms with Crippen LogP contribution in [-0.4, -0.2) is 24.0 Å². The lowest BCUT2D eigenvalue weighted by Crippen LogP contribution is -2.45. The standard InChI is InChI=1S/C7H7ClF4O/c8-7(5(9)10,6(11)12)13-4-2-1-3-4/h1-2,4-6H,3H2. The summed E-state index contributed by atoms with van der Waals surface area (Å²) < 4.78 is 52.8. The second-order valence-electron chi connectivity index (χ2n) is 2.62. The van der Waals surface area contributed by atoms with Crippen LogP contribution in [0.2, 0.25) is 0 Å². The van der Waals surface area contributed by atoms with Gasteiger partial charge in [-0.3, -0.25) is 0 Å². The molecule has 1 aliphatic rings. The Morgan fingerprint density at radius 1 is 1.31 bits per heavy atom. The van der Waals surface area contributed by atoms with E-state index in [-0.39, 0.29) is 0 Å². The molecule has 1 atom stereocenters. The molecule has 76 valence electrons. The van der Waals surface area contributed by atoms with Gasteiger partial charge in [0, 0.05) is 0 Å². The van der Waals surface area contributed by atoms with Crippen LogP contribution in [0.25, 0.3) is 0 Å². The molecule has 0 aliphatic heterocycles. The first-order chi connectivity index (χ1) is 5.97. The number of rotatable bonds is 4. The summed E-state index contributed by atoms with van der Waals surface area (Å²) in [5.41, 5.74) is 0. The summed E-state index contributed by atoms with van der Waals surface area (Å²) in [5, 5.41) is -3.17. The fourth-order valence-electron chi connectivity index (χ4n) is 0.765. The monoisotopic (exact) mass is 218 g/mol. The minimum atomic E-state index is -3.41. The Balaban J connectivity index is 2.60. The van der Waals surface area contributed by atoms with E-state index in [9.17, 15) is 17.6 Å². The highest BCUT2D eigenvalue weighted by atomic mass is 35.5. The van der Waals surface area contributed by atoms with Crippen molar-refractivity contribution in [3.63, 3.8) is 0 Å². The van der Waals surface area contributed by atoms with Gasteiger partial charge in [-0.15, -0.1) is 0 Å². The summed E-state index contributed by atoms with van der Waals surface area (Å²) in [5.74, 6) is 0. The molecule has 0 bridgehead atoms. The Labute approximate surface area is 77.3 Å². The maximum atomic E-state index is 12.1. The van der Waals surface area contributed by atoms with E-state index in [1.165, 1.54) is 6.08 Å². The normalized spacial score (nSPS) is 22.5. The van der Waals surface area contributed by atoms with Gasteiger partial charge in [0.05, 0.1) is 6.10 Å². The molecule has 1 unspecified atom stereocenters. The van der Waals surface area contributed by atoms with Crippen molar-refractivity contribution >= 4 is 11.6 Å². The van der Waals surface area contributed by atoms with E-state index in [1.807, 2.05) is 0 Å². The first-order valence-electron chi connectivity index (χ1n) is 3.56. The Bertz CT molecular complexity index is 199. The van der Waals surface area contributed by atoms with Gasteiger partial charge in [0.15, 0.2) is 0 Å². The third-order valence-corrected chi connectivity index (χ3v) is 2.07. The molecule has 0 radical (unpaired) electrons. The highest BCUT2D eigenvalue weighted by Gasteiger charge is 2.50. The summed E-state index contributed by atoms with van der Waals surface area (Å²) in [6, 6.07) is 0. The SMILES string of the molecule is FC(F)C(Cl)(OC1C=CC1)C(F)F. The van der Waals surface area contributed by atoms with E-state index in [1.54, 1.807) is 6.08 Å². The van der Waals surface area contributed by atoms with Crippen LogP contribution in [0.4, 0.5) is 17.6 Å². The van der Waals surface area contributed by atoms with E-state index in [0.29, 0.717) is 6.42 Å². The lowest BCUT2D eigenvalue weighted by molar-refractivity contribution is -0.174. The fraction of sp³-hybridized carbons (Fsp3) is 0.714. The first kappa shape index (κ1) is 10.8. The number of alkyl halides is 5. The van der Waals surface area contributed by atoms with Gasteiger partial charge in [0.2, 0.25) is 0 Å². The predicted molar refractivity (Wildman–Crippen MR) is 39.2 cm³/mol. The molecule has 0 spiro atoms. The van der Waals surface area contributed by atoms with Gasteiger partial charge in [0.1, 0.15) is 0 Å². The molecular weight excluding hydrogens is 212 g/mol. The van der Waals surface area contributed by atoms with Gasteiger partial charge < -0.3 is 4.74 Å². The molecule has 0 amide bonds. The Hall–Kier alpha value is -0.290. The zero-order valence-corrected chi connectivity index (χ0v) is 7.15. The van der Waals surface area contributed by atoms with Gasteiger partial charge in [-0.25, -0.2) is 17.6 Å². The molecule has 0 heterocycles. The molecule has 1 nitrogen and oxygen atoms in total. The molecule has 0 saturated carbocycles. The maximum absolute atomic E-state index is 12.1. The van der Waals surface area contributed by atoms with Gasteiger partial charge in [-0.05, 0) is 6.42 Å². The van der Waals surface area contributed by atoms with Gasteiger partial charge >= 0.3 is 0 Å². The van der Waals surface area contributed by atoms with E-state index < -0.39 is 24.0 Å². The summed E-state index contributed by atoms with van der Waals surface area (Å²) in [4.78, 5) is 0. The molecule has 13 heavy (non-hydrogen) atoms. The van der Waals surface area contributed by atoms with Crippen molar-refractivity contribution in [1.82, 2.24) is 0 Å². The number of hydrogen-bond donors (Lipinski definition) is 0. The number of hydrogen-bond acceptors (Lipinski definition) is 1. The molecule has 0 aromatic rings. The molecule has 0 aromatic carbocycles. The van der Waals surface area contributed by atoms with Gasteiger partial charge in [0.25, 0.3) is 17.9 Å². The molecule has 0 aromatic heterocycles. The minimum absolute atomic E-state index is 0.341. The molecule has 0 saturated heterocycles. The third-order valence-electron chi connectivity index (χ3n) is 1.65. The van der Waals surface area contributed by atoms with Crippen LogP contribution in [0, 0.1) is 0 Å². The molecular formula is C7H7ClF4O. The zero-order valence-electron chi connectivity index (χ0n) is 6.39. The number of halogens is 5. The van der Waals surface area contributed by atoms with Crippen LogP contribution in [0.3, 0.4) is 0 Å². The summed E-state index contributed by atoms with van der Waals surface area (Å²) in [6.45, 7) is 0. The van der Waals surface area contributed by atoms with Crippen molar-refractivity contribution in [2.24, 2.45) is 0 Å². The van der Waals surface area contributed by atoms with E-state index >= 15 is 0 Å². The van der Waals surface area contributed by atoms with E-state index in [0.717, 1.165) is 0 Å². The maximum Gasteiger partial charge on any atom is 0.286 e. The highest BCUT2D eigenvalue weighted by Crippen LogP contribution is 2.35. The van der Waals surface area contributed by atoms with Crippen molar-refractivity contribution in [3.8, 4) is 0 Å². The van der Waals surface area contributed by atoms with Crippen LogP contribution in [0.1, 0.15) is 6.42 Å². The zero-order chi connectivity index (χ0) is 10.1. The lowest BCUT2D eigenvalue weighted by Gasteiger charge is -2.31. The Kier molecular flexibility index (Phi) is 3.18. The van der Waals surface area contributed by atoms with Crippen molar-refractivity contribution in [1.29, 1.82) is 0 Å². The Morgan fingerprint density at radius 2 is 1.77 bits per heavy atom. The highest BCUT2D eigenvalue weighted by molar-refractivity contribution is 6.23. The van der Waals surface area contributed by atoms with Gasteiger partial charge in [-0.2, -0.15) is 0 Å². The van der Waals surface area contributed by atoms with Crippen LogP contribution >= 0.6 is 11.6 Å². The third kappa shape index (κ3) is 2.14. The van der Waals surface area contributed by atoms with Gasteiger partial charge in [-0.1, -0.05) is 23.8 Å². The van der Waals surface area contributed by atoms with Crippen molar-refractivity contribution < 1.29 is 22.3 Å². The molecule has 1 rings (SSSR count). The van der Waals surface area contributed by atoms with Crippen molar-refractivity contribution in [2.75, 3.05) is 0 Å². The molecule has 0 N–H and O–H groups in total. The first-order valence-corrected chi connectivity index (χ1v) is 3.94. The minimum Gasteiger partial charge on any atom is -0.342 e. The summed E-state index contributed by atoms with van der Waals surface area (Å²) in [7, 11) is 0. The van der Waals surface area contributed by atoms with Crippen LogP contribution in [0.5, 0.6) is 0 Å². The average molecular weight is 219 g/mol. The quantitative estimate of drug-likeness (QED) is 0.401. The molecule has 1 aliphatic carbocycles. The smallest absolute Gasteiger partial charge is 0.286 e. The van der Waals surface area contributed by atoms with Crippen LogP contribution in [-0.2, 0) is 4.74 Å². The lowest BCUT2D eigenvalue weighted by atomic mass is 10.1. The fourth-order valence-corrected chi connectivity index (χ4v) is 0.879. The van der Waals surface area contributed by atoms with E-state index in [2.05, 4.69) is 4.74 Å². The van der Waals surface area contributed by atoms with E-state index in [4.69, 9.17) is 11.6 Å². The second kappa shape index (κ2) is 3.84. The summed E-state index contributed by atoms with van der Waals surface area (Å²) >= 11 is 4.96. The topological polar surface area (TPSA) is 9.23 Å². The molecule has 6 heteroatoms. The molecule has 0 fully saturated rings. The second-order valence-corrected chi connectivity index (χ2v) is 3.21. The Morgan fingerprint density at radius 3 is 2.00 bits per heavy atom. The van der Waals surface area contributed by atoms with Crippen LogP contribution in [0.15, 0.2) is 12.2 Å². The predicted octanol–water partition coefficient (Wildman–Crippen LogP) is 2.80. The van der Waals surface area contributed by atoms with Crippen LogP contribution < -0.4 is 0 Å². The van der Waals surface area contributed by atoms with Crippen molar-refractivity contribution in [3.05, 3.63) is 12.2 Å². The largest absolute Gasteiger partial charge is 0.342 e. The summed E-state index contributed by atoms with van der Waals surface area (Å²) in [6.07, 6.45) is -4.18.